The zero-order chi connectivity index (χ0) is 23.5. The van der Waals surface area contributed by atoms with Gasteiger partial charge in [0.15, 0.2) is 0 Å². The Morgan fingerprint density at radius 1 is 1.06 bits per heavy atom. The summed E-state index contributed by atoms with van der Waals surface area (Å²) in [6.07, 6.45) is 9.05. The highest BCUT2D eigenvalue weighted by molar-refractivity contribution is 5.95. The number of nitrogens with zero attached hydrogens (tertiary/aromatic N) is 2. The second-order valence-corrected chi connectivity index (χ2v) is 9.47. The molecule has 2 aliphatic carbocycles. The molecule has 178 valence electrons. The van der Waals surface area contributed by atoms with Crippen LogP contribution in [0.3, 0.4) is 0 Å². The average molecular weight is 460 g/mol. The van der Waals surface area contributed by atoms with Crippen LogP contribution in [0.1, 0.15) is 56.6 Å². The van der Waals surface area contributed by atoms with Crippen molar-refractivity contribution in [3.63, 3.8) is 0 Å². The van der Waals surface area contributed by atoms with E-state index >= 15 is 0 Å². The van der Waals surface area contributed by atoms with Crippen LogP contribution in [0.5, 0.6) is 5.75 Å². The third-order valence-electron chi connectivity index (χ3n) is 7.03. The normalized spacial score (nSPS) is 19.8. The van der Waals surface area contributed by atoms with Crippen molar-refractivity contribution in [2.24, 2.45) is 0 Å². The van der Waals surface area contributed by atoms with Crippen LogP contribution in [0.4, 0.5) is 5.69 Å². The van der Waals surface area contributed by atoms with Crippen LogP contribution >= 0.6 is 0 Å². The molecule has 3 aromatic rings. The Kier molecular flexibility index (Phi) is 6.75. The lowest BCUT2D eigenvalue weighted by Crippen LogP contribution is -2.18. The van der Waals surface area contributed by atoms with Crippen molar-refractivity contribution in [1.82, 2.24) is 4.57 Å². The largest absolute Gasteiger partial charge is 0.491 e. The van der Waals surface area contributed by atoms with Gasteiger partial charge in [0.25, 0.3) is 0 Å². The van der Waals surface area contributed by atoms with E-state index in [-0.39, 0.29) is 6.10 Å². The Bertz CT molecular complexity index is 1160. The van der Waals surface area contributed by atoms with Crippen LogP contribution < -0.4 is 10.5 Å². The van der Waals surface area contributed by atoms with Gasteiger partial charge in [0, 0.05) is 36.9 Å². The first kappa shape index (κ1) is 22.8. The predicted molar refractivity (Wildman–Crippen MR) is 134 cm³/mol. The fourth-order valence-electron chi connectivity index (χ4n) is 4.71. The second-order valence-electron chi connectivity index (χ2n) is 9.47. The second kappa shape index (κ2) is 10.1. The highest BCUT2D eigenvalue weighted by Gasteiger charge is 2.28. The summed E-state index contributed by atoms with van der Waals surface area (Å²) >= 11 is 0. The zero-order valence-electron chi connectivity index (χ0n) is 19.8. The molecule has 6 heteroatoms. The van der Waals surface area contributed by atoms with E-state index in [4.69, 9.17) is 19.9 Å². The van der Waals surface area contributed by atoms with Crippen LogP contribution in [-0.4, -0.2) is 37.1 Å². The lowest BCUT2D eigenvalue weighted by Gasteiger charge is -2.30. The fraction of sp³-hybridized carbons (Fsp3) is 0.464. The number of nitrogen functional groups attached to an aromatic ring is 1. The number of hydrogen-bond acceptors (Lipinski definition) is 5. The summed E-state index contributed by atoms with van der Waals surface area (Å²) in [5.74, 6) is 0.833. The van der Waals surface area contributed by atoms with Gasteiger partial charge >= 0.3 is 0 Å². The van der Waals surface area contributed by atoms with E-state index in [1.54, 1.807) is 7.11 Å². The van der Waals surface area contributed by atoms with Crippen molar-refractivity contribution < 1.29 is 14.2 Å². The molecule has 0 spiro atoms. The molecule has 3 fully saturated rings. The van der Waals surface area contributed by atoms with Crippen molar-refractivity contribution in [3.05, 3.63) is 48.0 Å². The lowest BCUT2D eigenvalue weighted by molar-refractivity contribution is 0.0680. The molecule has 1 aliphatic heterocycles. The number of rotatable bonds is 6. The molecule has 3 aliphatic rings. The number of anilines is 1. The number of benzene rings is 2. The Morgan fingerprint density at radius 2 is 1.85 bits per heavy atom. The number of aromatic nitrogens is 1. The molecule has 1 saturated heterocycles. The standard InChI is InChI=1S/C24H25N3O2.C4H8O/c25-14-22-21-11-10-19(29-15-20-5-2-12-28-20)13-23(21)27(18-3-1-4-18)24(22)16-6-8-17(26)9-7-16;1-5-4-2-3-4/h6-11,13,18,20H,1-5,12,15,26H2;4H,2-3H2,1H3. The summed E-state index contributed by atoms with van der Waals surface area (Å²) in [6, 6.07) is 16.8. The average Bonchev–Trinajstić information content (AvgIpc) is 3.44. The molecule has 0 bridgehead atoms. The maximum absolute atomic E-state index is 10.00. The number of fused-ring (bicyclic) bond motifs is 1. The van der Waals surface area contributed by atoms with E-state index in [1.807, 2.05) is 36.4 Å². The molecular formula is C28H33N3O3. The molecule has 34 heavy (non-hydrogen) atoms. The minimum Gasteiger partial charge on any atom is -0.491 e. The van der Waals surface area contributed by atoms with Gasteiger partial charge in [-0.3, -0.25) is 0 Å². The molecule has 2 saturated carbocycles. The SMILES string of the molecule is COC1CC1.N#Cc1c(-c2ccc(N)cc2)n(C2CCC2)c2cc(OCC3CCCO3)ccc12. The quantitative estimate of drug-likeness (QED) is 0.468. The number of nitrogens with two attached hydrogens (primary N) is 1. The molecule has 6 rings (SSSR count). The van der Waals surface area contributed by atoms with Gasteiger partial charge in [-0.2, -0.15) is 5.26 Å². The van der Waals surface area contributed by atoms with Crippen LogP contribution in [0, 0.1) is 11.3 Å². The van der Waals surface area contributed by atoms with E-state index in [1.165, 1.54) is 19.3 Å². The van der Waals surface area contributed by atoms with Gasteiger partial charge < -0.3 is 24.5 Å². The first-order chi connectivity index (χ1) is 16.7. The van der Waals surface area contributed by atoms with Gasteiger partial charge in [-0.1, -0.05) is 12.1 Å². The number of hydrogen-bond donors (Lipinski definition) is 1. The summed E-state index contributed by atoms with van der Waals surface area (Å²) < 4.78 is 18.9. The third-order valence-corrected chi connectivity index (χ3v) is 7.03. The molecule has 2 N–H and O–H groups in total. The van der Waals surface area contributed by atoms with E-state index in [9.17, 15) is 5.26 Å². The van der Waals surface area contributed by atoms with Gasteiger partial charge in [-0.25, -0.2) is 0 Å². The van der Waals surface area contributed by atoms with Gasteiger partial charge in [-0.05, 0) is 74.8 Å². The fourth-order valence-corrected chi connectivity index (χ4v) is 4.71. The Balaban J connectivity index is 0.000000429. The van der Waals surface area contributed by atoms with Crippen molar-refractivity contribution in [1.29, 1.82) is 5.26 Å². The molecular weight excluding hydrogens is 426 g/mol. The number of nitriles is 1. The first-order valence-electron chi connectivity index (χ1n) is 12.4. The lowest BCUT2D eigenvalue weighted by atomic mass is 9.92. The maximum atomic E-state index is 10.00. The van der Waals surface area contributed by atoms with Gasteiger partial charge in [0.05, 0.1) is 29.0 Å². The first-order valence-corrected chi connectivity index (χ1v) is 12.4. The summed E-state index contributed by atoms with van der Waals surface area (Å²) in [5.41, 5.74) is 10.4. The van der Waals surface area contributed by atoms with E-state index in [0.717, 1.165) is 71.5 Å². The van der Waals surface area contributed by atoms with Crippen LogP contribution in [-0.2, 0) is 9.47 Å². The molecule has 2 aromatic carbocycles. The van der Waals surface area contributed by atoms with E-state index in [0.29, 0.717) is 18.8 Å². The van der Waals surface area contributed by atoms with Gasteiger partial charge in [0.2, 0.25) is 0 Å². The number of methoxy groups -OCH3 is 1. The van der Waals surface area contributed by atoms with E-state index in [2.05, 4.69) is 16.7 Å². The summed E-state index contributed by atoms with van der Waals surface area (Å²) in [6.45, 7) is 1.40. The van der Waals surface area contributed by atoms with Crippen LogP contribution in [0.25, 0.3) is 22.2 Å². The highest BCUT2D eigenvalue weighted by atomic mass is 16.5. The smallest absolute Gasteiger partial charge is 0.121 e. The molecule has 2 heterocycles. The molecule has 6 nitrogen and oxygen atoms in total. The van der Waals surface area contributed by atoms with Crippen molar-refractivity contribution in [3.8, 4) is 23.1 Å². The molecule has 1 aromatic heterocycles. The maximum Gasteiger partial charge on any atom is 0.121 e. The van der Waals surface area contributed by atoms with E-state index < -0.39 is 0 Å². The number of ether oxygens (including phenoxy) is 3. The summed E-state index contributed by atoms with van der Waals surface area (Å²) in [4.78, 5) is 0. The molecule has 1 atom stereocenters. The van der Waals surface area contributed by atoms with Crippen molar-refractivity contribution >= 4 is 16.6 Å². The van der Waals surface area contributed by atoms with Gasteiger partial charge in [-0.15, -0.1) is 0 Å². The highest BCUT2D eigenvalue weighted by Crippen LogP contribution is 2.43. The Labute approximate surface area is 201 Å². The third kappa shape index (κ3) is 4.77. The zero-order valence-corrected chi connectivity index (χ0v) is 19.8. The molecule has 0 radical (unpaired) electrons. The topological polar surface area (TPSA) is 82.4 Å². The monoisotopic (exact) mass is 459 g/mol. The molecule has 0 amide bonds. The van der Waals surface area contributed by atoms with Crippen LogP contribution in [0.15, 0.2) is 42.5 Å². The van der Waals surface area contributed by atoms with Gasteiger partial charge in [0.1, 0.15) is 18.4 Å². The molecule has 1 unspecified atom stereocenters. The Hall–Kier alpha value is -3.01. The minimum atomic E-state index is 0.184. The minimum absolute atomic E-state index is 0.184. The summed E-state index contributed by atoms with van der Waals surface area (Å²) in [5, 5.41) is 11.0. The van der Waals surface area contributed by atoms with Crippen molar-refractivity contribution in [2.45, 2.75) is 63.2 Å². The Morgan fingerprint density at radius 3 is 2.41 bits per heavy atom. The predicted octanol–water partition coefficient (Wildman–Crippen LogP) is 5.84. The van der Waals surface area contributed by atoms with Crippen molar-refractivity contribution in [2.75, 3.05) is 26.1 Å². The summed E-state index contributed by atoms with van der Waals surface area (Å²) in [7, 11) is 1.76. The van der Waals surface area contributed by atoms with Crippen LogP contribution in [0.2, 0.25) is 0 Å².